The Hall–Kier alpha value is -1.06. The minimum absolute atomic E-state index is 0.113. The van der Waals surface area contributed by atoms with Gasteiger partial charge >= 0.3 is 0 Å². The third kappa shape index (κ3) is 2.13. The number of piperidine rings is 1. The van der Waals surface area contributed by atoms with Gasteiger partial charge in [0.05, 0.1) is 0 Å². The largest absolute Gasteiger partial charge is 0.337 e. The molecule has 2 aliphatic rings. The zero-order valence-electron chi connectivity index (χ0n) is 10.3. The Morgan fingerprint density at radius 1 is 1.28 bits per heavy atom. The fourth-order valence-electron chi connectivity index (χ4n) is 2.98. The number of nitrogens with one attached hydrogen (secondary N) is 1. The van der Waals surface area contributed by atoms with E-state index in [-0.39, 0.29) is 5.91 Å². The summed E-state index contributed by atoms with van der Waals surface area (Å²) in [4.78, 5) is 14.2. The molecule has 4 heteroatoms. The molecular weight excluding hydrogens is 248 g/mol. The molecule has 1 aromatic rings. The molecule has 0 aromatic heterocycles. The maximum atomic E-state index is 12.3. The van der Waals surface area contributed by atoms with Crippen LogP contribution in [0.2, 0.25) is 5.02 Å². The van der Waals surface area contributed by atoms with Crippen LogP contribution in [0.1, 0.15) is 23.2 Å². The highest BCUT2D eigenvalue weighted by Crippen LogP contribution is 2.39. The molecule has 3 nitrogen and oxygen atoms in total. The van der Waals surface area contributed by atoms with E-state index in [1.165, 1.54) is 12.8 Å². The van der Waals surface area contributed by atoms with Gasteiger partial charge in [0, 0.05) is 29.1 Å². The van der Waals surface area contributed by atoms with Crippen LogP contribution < -0.4 is 5.32 Å². The number of benzene rings is 1. The predicted octanol–water partition coefficient (Wildman–Crippen LogP) is 2.17. The Bertz CT molecular complexity index is 461. The number of carbonyl (C=O) groups excluding carboxylic acids is 1. The van der Waals surface area contributed by atoms with Crippen LogP contribution in [0, 0.1) is 5.41 Å². The van der Waals surface area contributed by atoms with E-state index in [1.807, 2.05) is 17.0 Å². The standard InChI is InChI=1S/C14H17ClN2O/c15-12-3-1-2-11(8-12)13(18)17-9-14(10-17)4-6-16-7-5-14/h1-3,8,16H,4-7,9-10H2. The minimum atomic E-state index is 0.113. The van der Waals surface area contributed by atoms with Crippen molar-refractivity contribution in [1.29, 1.82) is 0 Å². The minimum Gasteiger partial charge on any atom is -0.337 e. The molecule has 0 aliphatic carbocycles. The molecule has 2 fully saturated rings. The van der Waals surface area contributed by atoms with Crippen molar-refractivity contribution in [2.45, 2.75) is 12.8 Å². The summed E-state index contributed by atoms with van der Waals surface area (Å²) in [6, 6.07) is 7.21. The summed E-state index contributed by atoms with van der Waals surface area (Å²) in [6.45, 7) is 3.97. The molecule has 96 valence electrons. The van der Waals surface area contributed by atoms with Gasteiger partial charge in [-0.3, -0.25) is 4.79 Å². The Kier molecular flexibility index (Phi) is 3.04. The number of carbonyl (C=O) groups is 1. The third-order valence-corrected chi connectivity index (χ3v) is 4.31. The molecule has 0 atom stereocenters. The number of rotatable bonds is 1. The van der Waals surface area contributed by atoms with Crippen LogP contribution in [0.3, 0.4) is 0 Å². The fraction of sp³-hybridized carbons (Fsp3) is 0.500. The van der Waals surface area contributed by atoms with E-state index < -0.39 is 0 Å². The van der Waals surface area contributed by atoms with Crippen molar-refractivity contribution in [2.24, 2.45) is 5.41 Å². The number of nitrogens with zero attached hydrogens (tertiary/aromatic N) is 1. The first-order valence-corrected chi connectivity index (χ1v) is 6.82. The first-order valence-electron chi connectivity index (χ1n) is 6.44. The molecule has 1 N–H and O–H groups in total. The third-order valence-electron chi connectivity index (χ3n) is 4.08. The van der Waals surface area contributed by atoms with Crippen molar-refractivity contribution in [1.82, 2.24) is 10.2 Å². The zero-order chi connectivity index (χ0) is 12.6. The molecule has 1 amide bonds. The smallest absolute Gasteiger partial charge is 0.253 e. The van der Waals surface area contributed by atoms with Gasteiger partial charge in [-0.1, -0.05) is 17.7 Å². The summed E-state index contributed by atoms with van der Waals surface area (Å²) in [7, 11) is 0. The summed E-state index contributed by atoms with van der Waals surface area (Å²) in [5.41, 5.74) is 1.09. The van der Waals surface area contributed by atoms with E-state index in [2.05, 4.69) is 5.32 Å². The van der Waals surface area contributed by atoms with Crippen LogP contribution in [0.4, 0.5) is 0 Å². The van der Waals surface area contributed by atoms with Gasteiger partial charge in [0.2, 0.25) is 0 Å². The second-order valence-corrected chi connectivity index (χ2v) is 5.86. The lowest BCUT2D eigenvalue weighted by molar-refractivity contribution is -0.0113. The van der Waals surface area contributed by atoms with Crippen LogP contribution in [-0.2, 0) is 0 Å². The topological polar surface area (TPSA) is 32.3 Å². The van der Waals surface area contributed by atoms with Gasteiger partial charge in [0.25, 0.3) is 5.91 Å². The Balaban J connectivity index is 1.66. The van der Waals surface area contributed by atoms with Crippen molar-refractivity contribution < 1.29 is 4.79 Å². The second-order valence-electron chi connectivity index (χ2n) is 5.42. The van der Waals surface area contributed by atoms with E-state index >= 15 is 0 Å². The number of likely N-dealkylation sites (tertiary alicyclic amines) is 1. The van der Waals surface area contributed by atoms with Crippen LogP contribution in [-0.4, -0.2) is 37.0 Å². The average molecular weight is 265 g/mol. The normalized spacial score (nSPS) is 21.7. The van der Waals surface area contributed by atoms with Crippen LogP contribution in [0.15, 0.2) is 24.3 Å². The van der Waals surface area contributed by atoms with E-state index in [4.69, 9.17) is 11.6 Å². The maximum absolute atomic E-state index is 12.3. The number of amides is 1. The molecular formula is C14H17ClN2O. The lowest BCUT2D eigenvalue weighted by Gasteiger charge is -2.52. The molecule has 0 saturated carbocycles. The molecule has 2 heterocycles. The molecule has 0 bridgehead atoms. The first kappa shape index (κ1) is 12.0. The molecule has 0 radical (unpaired) electrons. The summed E-state index contributed by atoms with van der Waals surface area (Å²) >= 11 is 5.92. The van der Waals surface area contributed by atoms with Crippen molar-refractivity contribution in [3.05, 3.63) is 34.9 Å². The Morgan fingerprint density at radius 3 is 2.67 bits per heavy atom. The van der Waals surface area contributed by atoms with Gasteiger partial charge in [-0.15, -0.1) is 0 Å². The second kappa shape index (κ2) is 4.56. The quantitative estimate of drug-likeness (QED) is 0.843. The van der Waals surface area contributed by atoms with Gasteiger partial charge in [-0.05, 0) is 44.1 Å². The molecule has 3 rings (SSSR count). The number of hydrogen-bond donors (Lipinski definition) is 1. The Morgan fingerprint density at radius 2 is 2.00 bits per heavy atom. The van der Waals surface area contributed by atoms with Crippen molar-refractivity contribution in [3.63, 3.8) is 0 Å². The van der Waals surface area contributed by atoms with Crippen molar-refractivity contribution >= 4 is 17.5 Å². The molecule has 1 aromatic carbocycles. The molecule has 2 aliphatic heterocycles. The zero-order valence-corrected chi connectivity index (χ0v) is 11.0. The van der Waals surface area contributed by atoms with Gasteiger partial charge in [-0.25, -0.2) is 0 Å². The van der Waals surface area contributed by atoms with Gasteiger partial charge in [0.15, 0.2) is 0 Å². The van der Waals surface area contributed by atoms with E-state index in [0.29, 0.717) is 16.0 Å². The predicted molar refractivity (Wildman–Crippen MR) is 71.9 cm³/mol. The summed E-state index contributed by atoms with van der Waals surface area (Å²) in [5.74, 6) is 0.113. The maximum Gasteiger partial charge on any atom is 0.253 e. The van der Waals surface area contributed by atoms with Crippen LogP contribution >= 0.6 is 11.6 Å². The van der Waals surface area contributed by atoms with E-state index in [0.717, 1.165) is 26.2 Å². The van der Waals surface area contributed by atoms with E-state index in [1.54, 1.807) is 12.1 Å². The summed E-state index contributed by atoms with van der Waals surface area (Å²) in [5, 5.41) is 3.99. The van der Waals surface area contributed by atoms with Crippen LogP contribution in [0.25, 0.3) is 0 Å². The molecule has 2 saturated heterocycles. The lowest BCUT2D eigenvalue weighted by Crippen LogP contribution is -2.61. The van der Waals surface area contributed by atoms with Gasteiger partial charge in [-0.2, -0.15) is 0 Å². The Labute approximate surface area is 112 Å². The summed E-state index contributed by atoms with van der Waals surface area (Å²) in [6.07, 6.45) is 2.37. The highest BCUT2D eigenvalue weighted by molar-refractivity contribution is 6.30. The first-order chi connectivity index (χ1) is 8.69. The molecule has 1 spiro atoms. The van der Waals surface area contributed by atoms with Crippen molar-refractivity contribution in [3.8, 4) is 0 Å². The molecule has 0 unspecified atom stereocenters. The monoisotopic (exact) mass is 264 g/mol. The highest BCUT2D eigenvalue weighted by Gasteiger charge is 2.45. The number of hydrogen-bond acceptors (Lipinski definition) is 2. The highest BCUT2D eigenvalue weighted by atomic mass is 35.5. The van der Waals surface area contributed by atoms with Gasteiger partial charge < -0.3 is 10.2 Å². The van der Waals surface area contributed by atoms with E-state index in [9.17, 15) is 4.79 Å². The summed E-state index contributed by atoms with van der Waals surface area (Å²) < 4.78 is 0. The molecule has 18 heavy (non-hydrogen) atoms. The SMILES string of the molecule is O=C(c1cccc(Cl)c1)N1CC2(CCNCC2)C1. The van der Waals surface area contributed by atoms with Gasteiger partial charge in [0.1, 0.15) is 0 Å². The lowest BCUT2D eigenvalue weighted by atomic mass is 9.72. The average Bonchev–Trinajstić information content (AvgIpc) is 2.36. The fourth-order valence-corrected chi connectivity index (χ4v) is 3.17. The number of halogens is 1. The van der Waals surface area contributed by atoms with Crippen molar-refractivity contribution in [2.75, 3.05) is 26.2 Å². The van der Waals surface area contributed by atoms with Crippen LogP contribution in [0.5, 0.6) is 0 Å².